The minimum absolute atomic E-state index is 0.0897. The van der Waals surface area contributed by atoms with E-state index < -0.39 is 0 Å². The molecule has 0 saturated heterocycles. The number of aromatic nitrogens is 1. The molecule has 1 heterocycles. The molecule has 0 bridgehead atoms. The van der Waals surface area contributed by atoms with Crippen molar-refractivity contribution in [1.82, 2.24) is 10.3 Å². The van der Waals surface area contributed by atoms with Crippen molar-refractivity contribution in [1.29, 1.82) is 0 Å². The summed E-state index contributed by atoms with van der Waals surface area (Å²) in [5.41, 5.74) is 2.29. The lowest BCUT2D eigenvalue weighted by Gasteiger charge is -2.18. The van der Waals surface area contributed by atoms with Crippen LogP contribution in [0.25, 0.3) is 0 Å². The summed E-state index contributed by atoms with van der Waals surface area (Å²) in [7, 11) is 3.72. The average Bonchev–Trinajstić information content (AvgIpc) is 3.47. The molecule has 6 nitrogen and oxygen atoms in total. The normalized spacial score (nSPS) is 14.4. The molecular formula is C20H24N4O2. The lowest BCUT2D eigenvalue weighted by Crippen LogP contribution is -2.28. The highest BCUT2D eigenvalue weighted by Gasteiger charge is 2.29. The molecule has 0 radical (unpaired) electrons. The quantitative estimate of drug-likeness (QED) is 0.838. The lowest BCUT2D eigenvalue weighted by atomic mass is 10.1. The second-order valence-electron chi connectivity index (χ2n) is 6.85. The van der Waals surface area contributed by atoms with Crippen LogP contribution >= 0.6 is 0 Å². The van der Waals surface area contributed by atoms with Crippen molar-refractivity contribution in [3.63, 3.8) is 0 Å². The Morgan fingerprint density at radius 3 is 2.46 bits per heavy atom. The Balaban J connectivity index is 1.65. The molecule has 1 aliphatic rings. The van der Waals surface area contributed by atoms with Crippen molar-refractivity contribution in [3.05, 3.63) is 53.7 Å². The van der Waals surface area contributed by atoms with Gasteiger partial charge in [-0.25, -0.2) is 4.98 Å². The summed E-state index contributed by atoms with van der Waals surface area (Å²) in [5.74, 6) is 0.737. The maximum atomic E-state index is 12.6. The molecule has 0 spiro atoms. The third-order valence-electron chi connectivity index (χ3n) is 4.43. The Labute approximate surface area is 153 Å². The number of hydrogen-bond acceptors (Lipinski definition) is 4. The summed E-state index contributed by atoms with van der Waals surface area (Å²) in [6, 6.07) is 10.9. The van der Waals surface area contributed by atoms with Crippen molar-refractivity contribution < 1.29 is 9.59 Å². The molecule has 1 aliphatic carbocycles. The number of carbonyl (C=O) groups is 2. The summed E-state index contributed by atoms with van der Waals surface area (Å²) in [6.45, 7) is 1.93. The zero-order valence-electron chi connectivity index (χ0n) is 15.3. The summed E-state index contributed by atoms with van der Waals surface area (Å²) in [6.07, 6.45) is 3.64. The van der Waals surface area contributed by atoms with Gasteiger partial charge in [0.2, 0.25) is 5.91 Å². The minimum atomic E-state index is -0.166. The van der Waals surface area contributed by atoms with Gasteiger partial charge in [-0.2, -0.15) is 0 Å². The van der Waals surface area contributed by atoms with Gasteiger partial charge in [-0.3, -0.25) is 9.59 Å². The van der Waals surface area contributed by atoms with Gasteiger partial charge in [0.05, 0.1) is 11.6 Å². The molecule has 2 N–H and O–H groups in total. The number of amides is 2. The Morgan fingerprint density at radius 2 is 1.85 bits per heavy atom. The molecule has 26 heavy (non-hydrogen) atoms. The van der Waals surface area contributed by atoms with Crippen molar-refractivity contribution in [2.45, 2.75) is 25.8 Å². The minimum Gasteiger partial charge on any atom is -0.362 e. The standard InChI is InChI=1S/C20H24N4O2/c1-13(22-20(26)17-5-4-12-21-18(17)24(2)3)14-8-10-16(11-9-14)23-19(25)15-6-7-15/h4-5,8-13,15H,6-7H2,1-3H3,(H,22,26)(H,23,25)/t13-/m1/s1. The summed E-state index contributed by atoms with van der Waals surface area (Å²) < 4.78 is 0. The summed E-state index contributed by atoms with van der Waals surface area (Å²) in [4.78, 5) is 30.5. The molecule has 3 rings (SSSR count). The van der Waals surface area contributed by atoms with Crippen molar-refractivity contribution in [2.24, 2.45) is 5.92 Å². The molecule has 1 saturated carbocycles. The number of hydrogen-bond donors (Lipinski definition) is 2. The van der Waals surface area contributed by atoms with E-state index in [0.717, 1.165) is 24.1 Å². The van der Waals surface area contributed by atoms with E-state index in [0.29, 0.717) is 11.4 Å². The first-order valence-corrected chi connectivity index (χ1v) is 8.79. The Morgan fingerprint density at radius 1 is 1.15 bits per heavy atom. The monoisotopic (exact) mass is 352 g/mol. The van der Waals surface area contributed by atoms with E-state index in [-0.39, 0.29) is 23.8 Å². The number of nitrogens with one attached hydrogen (secondary N) is 2. The number of anilines is 2. The van der Waals surface area contributed by atoms with Gasteiger partial charge in [0.25, 0.3) is 5.91 Å². The number of benzene rings is 1. The third-order valence-corrected chi connectivity index (χ3v) is 4.43. The van der Waals surface area contributed by atoms with Crippen molar-refractivity contribution >= 4 is 23.3 Å². The topological polar surface area (TPSA) is 74.3 Å². The Kier molecular flexibility index (Phi) is 5.21. The van der Waals surface area contributed by atoms with Gasteiger partial charge in [0, 0.05) is 31.9 Å². The van der Waals surface area contributed by atoms with Crippen LogP contribution < -0.4 is 15.5 Å². The molecule has 0 aliphatic heterocycles. The van der Waals surface area contributed by atoms with Gasteiger partial charge >= 0.3 is 0 Å². The first-order valence-electron chi connectivity index (χ1n) is 8.79. The van der Waals surface area contributed by atoms with Crippen LogP contribution in [0.1, 0.15) is 41.7 Å². The zero-order valence-corrected chi connectivity index (χ0v) is 15.3. The molecule has 0 unspecified atom stereocenters. The van der Waals surface area contributed by atoms with E-state index in [1.165, 1.54) is 0 Å². The molecule has 6 heteroatoms. The first kappa shape index (κ1) is 17.9. The van der Waals surface area contributed by atoms with Crippen molar-refractivity contribution in [3.8, 4) is 0 Å². The van der Waals surface area contributed by atoms with E-state index in [1.807, 2.05) is 50.2 Å². The number of nitrogens with zero attached hydrogens (tertiary/aromatic N) is 2. The number of rotatable bonds is 6. The number of pyridine rings is 1. The van der Waals surface area contributed by atoms with Crippen LogP contribution in [0, 0.1) is 5.92 Å². The van der Waals surface area contributed by atoms with E-state index >= 15 is 0 Å². The van der Waals surface area contributed by atoms with E-state index in [4.69, 9.17) is 0 Å². The third kappa shape index (κ3) is 4.20. The highest BCUT2D eigenvalue weighted by molar-refractivity contribution is 5.99. The van der Waals surface area contributed by atoms with E-state index in [2.05, 4.69) is 15.6 Å². The Hall–Kier alpha value is -2.89. The van der Waals surface area contributed by atoms with E-state index in [9.17, 15) is 9.59 Å². The fourth-order valence-electron chi connectivity index (χ4n) is 2.73. The van der Waals surface area contributed by atoms with Crippen molar-refractivity contribution in [2.75, 3.05) is 24.3 Å². The van der Waals surface area contributed by atoms with Gasteiger partial charge in [-0.05, 0) is 49.6 Å². The zero-order chi connectivity index (χ0) is 18.7. The maximum absolute atomic E-state index is 12.6. The van der Waals surface area contributed by atoms with Crippen LogP contribution in [0.15, 0.2) is 42.6 Å². The van der Waals surface area contributed by atoms with Gasteiger partial charge < -0.3 is 15.5 Å². The smallest absolute Gasteiger partial charge is 0.255 e. The number of carbonyl (C=O) groups excluding carboxylic acids is 2. The molecule has 2 aromatic rings. The second-order valence-corrected chi connectivity index (χ2v) is 6.85. The molecule has 1 aromatic heterocycles. The van der Waals surface area contributed by atoms with Crippen LogP contribution in [-0.4, -0.2) is 30.9 Å². The fraction of sp³-hybridized carbons (Fsp3) is 0.350. The molecule has 1 atom stereocenters. The summed E-state index contributed by atoms with van der Waals surface area (Å²) in [5, 5.41) is 5.92. The van der Waals surface area contributed by atoms with Gasteiger partial charge in [-0.15, -0.1) is 0 Å². The summed E-state index contributed by atoms with van der Waals surface area (Å²) >= 11 is 0. The molecule has 2 amide bonds. The molecule has 1 aromatic carbocycles. The first-order chi connectivity index (χ1) is 12.5. The van der Waals surface area contributed by atoms with Crippen LogP contribution in [0.3, 0.4) is 0 Å². The predicted octanol–water partition coefficient (Wildman–Crippen LogP) is 2.99. The van der Waals surface area contributed by atoms with E-state index in [1.54, 1.807) is 18.3 Å². The largest absolute Gasteiger partial charge is 0.362 e. The molecule has 1 fully saturated rings. The highest BCUT2D eigenvalue weighted by atomic mass is 16.2. The van der Waals surface area contributed by atoms with Gasteiger partial charge in [-0.1, -0.05) is 12.1 Å². The lowest BCUT2D eigenvalue weighted by molar-refractivity contribution is -0.117. The fourth-order valence-corrected chi connectivity index (χ4v) is 2.73. The second kappa shape index (κ2) is 7.56. The van der Waals surface area contributed by atoms with Crippen LogP contribution in [-0.2, 0) is 4.79 Å². The maximum Gasteiger partial charge on any atom is 0.255 e. The van der Waals surface area contributed by atoms with Crippen LogP contribution in [0.5, 0.6) is 0 Å². The highest BCUT2D eigenvalue weighted by Crippen LogP contribution is 2.30. The molecular weight excluding hydrogens is 328 g/mol. The molecule has 136 valence electrons. The predicted molar refractivity (Wildman–Crippen MR) is 102 cm³/mol. The Bertz CT molecular complexity index is 798. The van der Waals surface area contributed by atoms with Crippen LogP contribution in [0.2, 0.25) is 0 Å². The van der Waals surface area contributed by atoms with Gasteiger partial charge in [0.1, 0.15) is 5.82 Å². The van der Waals surface area contributed by atoms with Crippen LogP contribution in [0.4, 0.5) is 11.5 Å². The average molecular weight is 352 g/mol. The SMILES string of the molecule is C[C@@H](NC(=O)c1cccnc1N(C)C)c1ccc(NC(=O)C2CC2)cc1. The van der Waals surface area contributed by atoms with Gasteiger partial charge in [0.15, 0.2) is 0 Å².